The first-order valence-electron chi connectivity index (χ1n) is 34.2. The molecule has 0 aromatic carbocycles. The molecule has 2 N–H and O–H groups in total. The number of phosphoric acid groups is 1. The highest BCUT2D eigenvalue weighted by Crippen LogP contribution is 2.38. The molecule has 0 saturated carbocycles. The average Bonchev–Trinajstić information content (AvgIpc) is 3.45. The Hall–Kier alpha value is -2.84. The first-order chi connectivity index (χ1) is 40.0. The van der Waals surface area contributed by atoms with Crippen molar-refractivity contribution in [2.75, 3.05) is 40.9 Å². The van der Waals surface area contributed by atoms with Crippen LogP contribution in [0.2, 0.25) is 0 Å². The molecule has 0 aliphatic heterocycles. The average molecular weight is 1160 g/mol. The lowest BCUT2D eigenvalue weighted by Crippen LogP contribution is -2.45. The predicted molar refractivity (Wildman–Crippen MR) is 357 cm³/mol. The lowest BCUT2D eigenvalue weighted by atomic mass is 10.0. The van der Waals surface area contributed by atoms with Crippen LogP contribution in [-0.2, 0) is 18.4 Å². The van der Waals surface area contributed by atoms with Crippen molar-refractivity contribution in [2.45, 2.75) is 309 Å². The Labute approximate surface area is 508 Å². The number of allylic oxidation sites excluding steroid dienone is 17. The van der Waals surface area contributed by atoms with E-state index in [-0.39, 0.29) is 12.5 Å². The van der Waals surface area contributed by atoms with Gasteiger partial charge < -0.3 is 28.8 Å². The van der Waals surface area contributed by atoms with Crippen LogP contribution in [0.4, 0.5) is 0 Å². The van der Waals surface area contributed by atoms with Crippen LogP contribution >= 0.6 is 7.82 Å². The molecule has 0 aliphatic carbocycles. The topological polar surface area (TPSA) is 108 Å². The van der Waals surface area contributed by atoms with E-state index in [0.29, 0.717) is 17.4 Å². The van der Waals surface area contributed by atoms with Gasteiger partial charge in [-0.1, -0.05) is 303 Å². The molecule has 0 radical (unpaired) electrons. The van der Waals surface area contributed by atoms with Crippen molar-refractivity contribution < 1.29 is 32.9 Å². The summed E-state index contributed by atoms with van der Waals surface area (Å²) < 4.78 is 23.4. The molecule has 0 aliphatic rings. The van der Waals surface area contributed by atoms with E-state index in [9.17, 15) is 19.4 Å². The van der Waals surface area contributed by atoms with Gasteiger partial charge in [0.1, 0.15) is 13.2 Å². The number of rotatable bonds is 62. The second kappa shape index (κ2) is 62.7. The number of nitrogens with zero attached hydrogens (tertiary/aromatic N) is 1. The Morgan fingerprint density at radius 1 is 0.439 bits per heavy atom. The summed E-state index contributed by atoms with van der Waals surface area (Å²) in [6.45, 7) is 4.53. The van der Waals surface area contributed by atoms with Gasteiger partial charge in [0.05, 0.1) is 39.9 Å². The third-order valence-electron chi connectivity index (χ3n) is 14.9. The Morgan fingerprint density at radius 3 is 1.13 bits per heavy atom. The third-order valence-corrected chi connectivity index (χ3v) is 15.9. The van der Waals surface area contributed by atoms with Gasteiger partial charge in [-0.25, -0.2) is 0 Å². The van der Waals surface area contributed by atoms with Crippen LogP contribution in [0.15, 0.2) is 109 Å². The maximum atomic E-state index is 13.0. The highest BCUT2D eigenvalue weighted by Gasteiger charge is 2.23. The van der Waals surface area contributed by atoms with Gasteiger partial charge in [0.2, 0.25) is 5.91 Å². The normalized spacial score (nSPS) is 14.4. The molecule has 0 aromatic rings. The SMILES string of the molecule is CC/C=C\C/C=C\C/C=C\C/C=C\C/C=C\C/C=C\CCCCCCCCCCCCCCCCCCC(=O)NC(COP(=O)([O-])OCC[N+](C)(C)C)C(O)/C=C/CC/C=C/CC/C=C/CCCCCCCCCCCCCCCCC. The first-order valence-corrected chi connectivity index (χ1v) is 35.7. The lowest BCUT2D eigenvalue weighted by Gasteiger charge is -2.29. The number of hydrogen-bond donors (Lipinski definition) is 2. The molecule has 0 aromatic heterocycles. The van der Waals surface area contributed by atoms with E-state index in [1.165, 1.54) is 193 Å². The van der Waals surface area contributed by atoms with Gasteiger partial charge in [-0.2, -0.15) is 0 Å². The van der Waals surface area contributed by atoms with Crippen molar-refractivity contribution in [1.82, 2.24) is 5.32 Å². The maximum Gasteiger partial charge on any atom is 0.268 e. The van der Waals surface area contributed by atoms with Gasteiger partial charge >= 0.3 is 0 Å². The number of aliphatic hydroxyl groups is 1. The first kappa shape index (κ1) is 79.2. The van der Waals surface area contributed by atoms with Gasteiger partial charge in [0.15, 0.2) is 0 Å². The van der Waals surface area contributed by atoms with E-state index in [0.717, 1.165) is 83.5 Å². The Morgan fingerprint density at radius 2 is 0.756 bits per heavy atom. The smallest absolute Gasteiger partial charge is 0.268 e. The van der Waals surface area contributed by atoms with Crippen LogP contribution in [0, 0.1) is 0 Å². The summed E-state index contributed by atoms with van der Waals surface area (Å²) in [4.78, 5) is 25.6. The molecule has 0 rings (SSSR count). The van der Waals surface area contributed by atoms with Gasteiger partial charge in [-0.3, -0.25) is 9.36 Å². The van der Waals surface area contributed by atoms with Crippen molar-refractivity contribution in [2.24, 2.45) is 0 Å². The highest BCUT2D eigenvalue weighted by atomic mass is 31.2. The molecule has 3 unspecified atom stereocenters. The summed E-state index contributed by atoms with van der Waals surface area (Å²) in [5.41, 5.74) is 0. The Kier molecular flexibility index (Phi) is 60.5. The number of unbranched alkanes of at least 4 members (excludes halogenated alkanes) is 33. The largest absolute Gasteiger partial charge is 0.756 e. The fraction of sp³-hybridized carbons (Fsp3) is 0.740. The minimum absolute atomic E-state index is 0.0123. The van der Waals surface area contributed by atoms with Crippen molar-refractivity contribution in [3.8, 4) is 0 Å². The molecule has 0 spiro atoms. The minimum Gasteiger partial charge on any atom is -0.756 e. The summed E-state index contributed by atoms with van der Waals surface area (Å²) in [7, 11) is 1.23. The van der Waals surface area contributed by atoms with Crippen LogP contribution in [0.3, 0.4) is 0 Å². The van der Waals surface area contributed by atoms with E-state index < -0.39 is 26.6 Å². The number of amides is 1. The van der Waals surface area contributed by atoms with Gasteiger partial charge in [0, 0.05) is 6.42 Å². The zero-order chi connectivity index (χ0) is 59.8. The zero-order valence-electron chi connectivity index (χ0n) is 54.2. The predicted octanol–water partition coefficient (Wildman–Crippen LogP) is 21.2. The second-order valence-corrected chi connectivity index (χ2v) is 25.5. The van der Waals surface area contributed by atoms with Crippen molar-refractivity contribution >= 4 is 13.7 Å². The molecule has 0 fully saturated rings. The van der Waals surface area contributed by atoms with E-state index in [1.54, 1.807) is 6.08 Å². The zero-order valence-corrected chi connectivity index (χ0v) is 55.1. The number of phosphoric ester groups is 1. The fourth-order valence-electron chi connectivity index (χ4n) is 9.66. The number of quaternary nitrogens is 1. The van der Waals surface area contributed by atoms with Crippen LogP contribution in [0.1, 0.15) is 296 Å². The minimum atomic E-state index is -4.62. The quantitative estimate of drug-likeness (QED) is 0.0272. The van der Waals surface area contributed by atoms with E-state index >= 15 is 0 Å². The van der Waals surface area contributed by atoms with Gasteiger partial charge in [-0.05, 0) is 96.3 Å². The monoisotopic (exact) mass is 1160 g/mol. The molecule has 9 heteroatoms. The molecule has 82 heavy (non-hydrogen) atoms. The number of hydrogen-bond acceptors (Lipinski definition) is 6. The van der Waals surface area contributed by atoms with Crippen LogP contribution in [-0.4, -0.2) is 68.5 Å². The van der Waals surface area contributed by atoms with Gasteiger partial charge in [0.25, 0.3) is 7.82 Å². The van der Waals surface area contributed by atoms with Crippen molar-refractivity contribution in [3.05, 3.63) is 109 Å². The number of carbonyl (C=O) groups excluding carboxylic acids is 1. The summed E-state index contributed by atoms with van der Waals surface area (Å²) in [5, 5.41) is 13.9. The molecule has 0 bridgehead atoms. The van der Waals surface area contributed by atoms with Gasteiger partial charge in [-0.15, -0.1) is 0 Å². The highest BCUT2D eigenvalue weighted by molar-refractivity contribution is 7.45. The maximum absolute atomic E-state index is 13.0. The van der Waals surface area contributed by atoms with Crippen LogP contribution in [0.25, 0.3) is 0 Å². The Balaban J connectivity index is 4.13. The molecule has 0 saturated heterocycles. The number of nitrogens with one attached hydrogen (secondary N) is 1. The molecule has 474 valence electrons. The number of carbonyl (C=O) groups is 1. The summed E-state index contributed by atoms with van der Waals surface area (Å²) in [6, 6.07) is -0.917. The number of likely N-dealkylation sites (N-methyl/N-ethyl adjacent to an activating group) is 1. The lowest BCUT2D eigenvalue weighted by molar-refractivity contribution is -0.870. The van der Waals surface area contributed by atoms with E-state index in [2.05, 4.69) is 116 Å². The molecular formula is C73H131N2O6P. The third kappa shape index (κ3) is 64.7. The molecule has 3 atom stereocenters. The molecule has 8 nitrogen and oxygen atoms in total. The molecular weight excluding hydrogens is 1030 g/mol. The molecule has 1 amide bonds. The Bertz CT molecular complexity index is 1700. The fourth-order valence-corrected chi connectivity index (χ4v) is 10.4. The summed E-state index contributed by atoms with van der Waals surface area (Å²) >= 11 is 0. The van der Waals surface area contributed by atoms with E-state index in [1.807, 2.05) is 27.2 Å². The molecule has 0 heterocycles. The number of aliphatic hydroxyl groups excluding tert-OH is 1. The second-order valence-electron chi connectivity index (χ2n) is 24.1. The standard InChI is InChI=1S/C73H131N2O6P/c1-6-8-10-12-14-16-18-20-22-24-26-28-30-32-33-34-35-36-37-38-39-40-41-43-45-47-49-51-53-55-57-59-61-63-65-67-73(77)74-71(70-81-82(78,79)80-69-68-75(3,4)5)72(76)66-64-62-60-58-56-54-52-50-48-46-44-42-31-29-27-25-23-21-19-17-15-13-11-9-7-2/h8,10,14,16,20,22,26,28,32-33,35-36,48,50,56,58,64,66,71-72,76H,6-7,9,11-13,15,17-19,21,23-25,27,29-31,34,37-47,49,51-55,57,59-63,65,67-70H2,1-5H3,(H-,74,77,78,79)/b10-8-,16-14-,22-20-,28-26-,33-32-,36-35-,50-48+,58-56+,66-64+. The van der Waals surface area contributed by atoms with E-state index in [4.69, 9.17) is 9.05 Å². The summed E-state index contributed by atoms with van der Waals surface area (Å²) in [6.07, 6.45) is 92.1. The van der Waals surface area contributed by atoms with Crippen molar-refractivity contribution in [1.29, 1.82) is 0 Å². The van der Waals surface area contributed by atoms with Crippen LogP contribution < -0.4 is 10.2 Å². The van der Waals surface area contributed by atoms with Crippen LogP contribution in [0.5, 0.6) is 0 Å². The summed E-state index contributed by atoms with van der Waals surface area (Å²) in [5.74, 6) is -0.212. The van der Waals surface area contributed by atoms with Crippen molar-refractivity contribution in [3.63, 3.8) is 0 Å².